The molecular weight excluding hydrogens is 874 g/mol. The number of hydrogen-bond acceptors (Lipinski definition) is 10. The number of nitrogens with zero attached hydrogens (tertiary/aromatic N) is 7. The van der Waals surface area contributed by atoms with Crippen molar-refractivity contribution in [3.8, 4) is 5.69 Å². The predicted octanol–water partition coefficient (Wildman–Crippen LogP) is 8.04. The molecule has 10 rings (SSSR count). The second-order valence-corrected chi connectivity index (χ2v) is 21.6. The summed E-state index contributed by atoms with van der Waals surface area (Å²) in [5.41, 5.74) is 11.6. The molecule has 1 amide bonds. The Morgan fingerprint density at radius 1 is 1.01 bits per heavy atom. The number of aromatic amines is 1. The van der Waals surface area contributed by atoms with Crippen LogP contribution in [0.5, 0.6) is 0 Å². The molecule has 5 atom stereocenters. The highest BCUT2D eigenvalue weighted by Gasteiger charge is 2.59. The summed E-state index contributed by atoms with van der Waals surface area (Å²) in [6.07, 6.45) is 9.25. The number of nitrogens with two attached hydrogens (primary N) is 1. The van der Waals surface area contributed by atoms with Gasteiger partial charge in [-0.3, -0.25) is 23.4 Å². The summed E-state index contributed by atoms with van der Waals surface area (Å²) in [6.45, 7) is 14.2. The summed E-state index contributed by atoms with van der Waals surface area (Å²) in [4.78, 5) is 52.9. The van der Waals surface area contributed by atoms with Crippen LogP contribution in [0.1, 0.15) is 105 Å². The first-order chi connectivity index (χ1) is 31.8. The maximum atomic E-state index is 15.6. The molecular formula is C50H54FN9O6S. The minimum atomic E-state index is -2.67. The molecule has 0 radical (unpaired) electrons. The Morgan fingerprint density at radius 3 is 2.45 bits per heavy atom. The normalized spacial score (nSPS) is 25.0. The van der Waals surface area contributed by atoms with Gasteiger partial charge >= 0.3 is 11.4 Å². The first-order valence-electron chi connectivity index (χ1n) is 22.6. The van der Waals surface area contributed by atoms with Crippen molar-refractivity contribution in [3.63, 3.8) is 0 Å². The zero-order valence-electron chi connectivity index (χ0n) is 38.8. The van der Waals surface area contributed by atoms with Crippen LogP contribution in [-0.4, -0.2) is 75.7 Å². The van der Waals surface area contributed by atoms with Crippen molar-refractivity contribution in [2.75, 3.05) is 19.4 Å². The van der Waals surface area contributed by atoms with Gasteiger partial charge in [-0.25, -0.2) is 27.5 Å². The van der Waals surface area contributed by atoms with E-state index in [9.17, 15) is 13.8 Å². The average Bonchev–Trinajstić information content (AvgIpc) is 3.58. The molecule has 15 nitrogen and oxygen atoms in total. The number of amides is 1. The fraction of sp³-hybridized carbons (Fsp3) is 0.380. The number of aliphatic imine (C=N–C) groups is 1. The minimum absolute atomic E-state index is 0.00949. The Morgan fingerprint density at radius 2 is 1.76 bits per heavy atom. The Balaban J connectivity index is 1.09. The topological polar surface area (TPSA) is 188 Å². The molecule has 0 spiro atoms. The van der Waals surface area contributed by atoms with Crippen LogP contribution in [-0.2, 0) is 20.0 Å². The molecule has 6 heterocycles. The highest BCUT2D eigenvalue weighted by Crippen LogP contribution is 2.56. The van der Waals surface area contributed by atoms with Gasteiger partial charge < -0.3 is 19.9 Å². The summed E-state index contributed by atoms with van der Waals surface area (Å²) >= 11 is 0. The Bertz CT molecular complexity index is 3410. The number of ether oxygens (including phenoxy) is 1. The summed E-state index contributed by atoms with van der Waals surface area (Å²) in [6, 6.07) is 16.0. The van der Waals surface area contributed by atoms with E-state index in [-0.39, 0.29) is 48.0 Å². The van der Waals surface area contributed by atoms with Crippen molar-refractivity contribution in [2.45, 2.75) is 102 Å². The molecule has 1 saturated heterocycles. The van der Waals surface area contributed by atoms with E-state index in [1.165, 1.54) is 9.13 Å². The molecule has 3 aromatic heterocycles. The van der Waals surface area contributed by atoms with Crippen molar-refractivity contribution in [1.29, 1.82) is 0 Å². The van der Waals surface area contributed by atoms with Gasteiger partial charge in [0, 0.05) is 66.1 Å². The van der Waals surface area contributed by atoms with E-state index >= 15 is 9.18 Å². The summed E-state index contributed by atoms with van der Waals surface area (Å²) in [5, 5.41) is 5.05. The van der Waals surface area contributed by atoms with E-state index in [4.69, 9.17) is 20.0 Å². The summed E-state index contributed by atoms with van der Waals surface area (Å²) in [7, 11) is -2.67. The molecule has 3 N–H and O–H groups in total. The zero-order valence-corrected chi connectivity index (χ0v) is 39.7. The number of aryl methyl sites for hydroxylation is 2. The molecule has 17 heteroatoms. The van der Waals surface area contributed by atoms with Crippen LogP contribution in [0.2, 0.25) is 0 Å². The summed E-state index contributed by atoms with van der Waals surface area (Å²) < 4.78 is 48.8. The van der Waals surface area contributed by atoms with E-state index in [1.807, 2.05) is 23.6 Å². The van der Waals surface area contributed by atoms with Crippen molar-refractivity contribution in [1.82, 2.24) is 28.7 Å². The number of imidazole rings is 1. The van der Waals surface area contributed by atoms with Crippen molar-refractivity contribution >= 4 is 44.1 Å². The molecule has 1 aliphatic carbocycles. The number of nitrogens with one attached hydrogen (secondary N) is 1. The quantitative estimate of drug-likeness (QED) is 0.119. The van der Waals surface area contributed by atoms with Crippen molar-refractivity contribution in [3.05, 3.63) is 145 Å². The molecule has 0 bridgehead atoms. The second-order valence-electron chi connectivity index (χ2n) is 19.4. The van der Waals surface area contributed by atoms with Gasteiger partial charge in [-0.2, -0.15) is 0 Å². The Hall–Kier alpha value is -6.59. The number of halogens is 1. The standard InChI is InChI=1S/C50H54FN9O6S/c1-27-19-36(20-28(2)43(27)51)53-44(59-17-16-58(48(59)63)37-10-12-41-35(23-37)21-30(4)56-67(41,8)64)42-31(5)57(15-13-38(42)52)45(61)40-24-34-22-32(33-14-18-65-49(6,7)26-33)9-11-39(34)60(40)50(25-29(50)3)46-54-47(62)66-55-46/h9-12,16-17,19-24,29,31,33H,13-15,18,25-26,52H2,1-8H3,(H,54,55,62)/t29-,31-,33-,50-,67?/m0/s1. The highest BCUT2D eigenvalue weighted by molar-refractivity contribution is 7.93. The molecule has 3 aliphatic heterocycles. The van der Waals surface area contributed by atoms with Gasteiger partial charge in [0.25, 0.3) is 5.91 Å². The molecule has 1 unspecified atom stereocenters. The highest BCUT2D eigenvalue weighted by atomic mass is 32.2. The van der Waals surface area contributed by atoms with E-state index in [1.54, 1.807) is 74.7 Å². The van der Waals surface area contributed by atoms with E-state index in [0.29, 0.717) is 74.5 Å². The zero-order chi connectivity index (χ0) is 47.5. The maximum absolute atomic E-state index is 15.6. The molecule has 348 valence electrons. The van der Waals surface area contributed by atoms with Crippen LogP contribution in [0.25, 0.3) is 22.7 Å². The smallest absolute Gasteiger partial charge is 0.402 e. The van der Waals surface area contributed by atoms with E-state index in [2.05, 4.69) is 53.5 Å². The number of hydrogen-bond donors (Lipinski definition) is 2. The molecule has 67 heavy (non-hydrogen) atoms. The first kappa shape index (κ1) is 44.3. The van der Waals surface area contributed by atoms with Gasteiger partial charge in [0.05, 0.1) is 37.6 Å². The number of allylic oxidation sites excluding steroid dienone is 1. The fourth-order valence-corrected chi connectivity index (χ4v) is 12.3. The van der Waals surface area contributed by atoms with E-state index in [0.717, 1.165) is 29.3 Å². The predicted molar refractivity (Wildman–Crippen MR) is 255 cm³/mol. The third-order valence-corrected chi connectivity index (χ3v) is 15.9. The lowest BCUT2D eigenvalue weighted by Crippen LogP contribution is -2.49. The summed E-state index contributed by atoms with van der Waals surface area (Å²) in [5.74, 6) is -0.556. The number of carbonyl (C=O) groups excluding carboxylic acids is 1. The lowest BCUT2D eigenvalue weighted by atomic mass is 9.83. The van der Waals surface area contributed by atoms with Crippen molar-refractivity contribution < 1.29 is 22.7 Å². The van der Waals surface area contributed by atoms with Gasteiger partial charge in [0.15, 0.2) is 5.82 Å². The number of rotatable bonds is 7. The van der Waals surface area contributed by atoms with Gasteiger partial charge in [0.2, 0.25) is 0 Å². The molecule has 4 aliphatic rings. The van der Waals surface area contributed by atoms with Crippen molar-refractivity contribution in [2.24, 2.45) is 21.0 Å². The fourth-order valence-electron chi connectivity index (χ4n) is 10.7. The van der Waals surface area contributed by atoms with Gasteiger partial charge in [-0.1, -0.05) is 18.1 Å². The third-order valence-electron chi connectivity index (χ3n) is 14.1. The third kappa shape index (κ3) is 7.42. The second kappa shape index (κ2) is 15.8. The van der Waals surface area contributed by atoms with Gasteiger partial charge in [0.1, 0.15) is 22.9 Å². The number of fused-ring (bicyclic) bond motifs is 2. The van der Waals surface area contributed by atoms with Gasteiger partial charge in [-0.15, -0.1) is 0 Å². The SMILES string of the molecule is CC1=Cc2cc(-n3ccn(C(=Nc4cc(C)c(F)c(C)c4)C4=C(N)CCN(C(=O)c5cc6cc([C@H]7CCOC(C)(C)C7)ccc6n5[C@@]5(c6noc(=O)[nH]6)C[C@@H]5C)[C@H]4C)c3=O)ccc2S(C)(=O)=N1. The first-order valence-corrected chi connectivity index (χ1v) is 24.6. The van der Waals surface area contributed by atoms with Crippen LogP contribution < -0.4 is 17.2 Å². The molecule has 2 fully saturated rings. The molecule has 3 aromatic carbocycles. The van der Waals surface area contributed by atoms with Crippen LogP contribution in [0.4, 0.5) is 10.1 Å². The lowest BCUT2D eigenvalue weighted by molar-refractivity contribution is -0.0592. The van der Waals surface area contributed by atoms with Crippen LogP contribution in [0.15, 0.2) is 112 Å². The Labute approximate surface area is 387 Å². The number of benzene rings is 3. The van der Waals surface area contributed by atoms with Crippen LogP contribution in [0.3, 0.4) is 0 Å². The lowest BCUT2D eigenvalue weighted by Gasteiger charge is -2.37. The molecule has 1 saturated carbocycles. The average molecular weight is 928 g/mol. The van der Waals surface area contributed by atoms with Crippen LogP contribution >= 0.6 is 0 Å². The monoisotopic (exact) mass is 927 g/mol. The van der Waals surface area contributed by atoms with E-state index < -0.39 is 32.8 Å². The largest absolute Gasteiger partial charge is 0.438 e. The molecule has 6 aromatic rings. The van der Waals surface area contributed by atoms with Crippen LogP contribution in [0, 0.1) is 25.6 Å². The number of H-pyrrole nitrogens is 1. The number of carbonyl (C=O) groups is 1. The van der Waals surface area contributed by atoms with Gasteiger partial charge in [-0.05, 0) is 150 Å². The number of aromatic nitrogens is 5. The Kier molecular flexibility index (Phi) is 10.4. The maximum Gasteiger partial charge on any atom is 0.438 e. The minimum Gasteiger partial charge on any atom is -0.402 e.